The van der Waals surface area contributed by atoms with E-state index in [1.165, 1.54) is 16.8 Å². The van der Waals surface area contributed by atoms with E-state index in [-0.39, 0.29) is 11.6 Å². The van der Waals surface area contributed by atoms with Crippen LogP contribution in [0.15, 0.2) is 22.7 Å². The first-order valence-electron chi connectivity index (χ1n) is 5.57. The van der Waals surface area contributed by atoms with Crippen LogP contribution in [0, 0.1) is 10.1 Å². The zero-order chi connectivity index (χ0) is 14.2. The molecule has 0 aliphatic rings. The molecule has 0 saturated heterocycles. The fraction of sp³-hybridized carbons (Fsp3) is 0.273. The fourth-order valence-corrected chi connectivity index (χ4v) is 2.21. The second-order valence-electron chi connectivity index (χ2n) is 4.32. The molecule has 0 spiro atoms. The van der Waals surface area contributed by atoms with Gasteiger partial charge in [-0.25, -0.2) is 4.68 Å². The van der Waals surface area contributed by atoms with Gasteiger partial charge in [0.25, 0.3) is 5.69 Å². The Morgan fingerprint density at radius 2 is 2.16 bits per heavy atom. The van der Waals surface area contributed by atoms with Gasteiger partial charge in [0.2, 0.25) is 0 Å². The standard InChI is InChI=1S/C11H12BrN5O2/c1-6(2)10-11(13)14-15-16(10)9-5-7(17(18)19)3-4-8(9)12/h3-6H,13H2,1-2H3. The summed E-state index contributed by atoms with van der Waals surface area (Å²) < 4.78 is 2.21. The van der Waals surface area contributed by atoms with Crippen molar-refractivity contribution in [3.8, 4) is 5.69 Å². The van der Waals surface area contributed by atoms with Gasteiger partial charge in [0.15, 0.2) is 5.82 Å². The normalized spacial score (nSPS) is 10.9. The van der Waals surface area contributed by atoms with E-state index in [2.05, 4.69) is 26.2 Å². The number of nitro groups is 1. The van der Waals surface area contributed by atoms with Crippen molar-refractivity contribution in [2.24, 2.45) is 0 Å². The molecule has 0 amide bonds. The van der Waals surface area contributed by atoms with Crippen LogP contribution >= 0.6 is 15.9 Å². The molecule has 0 fully saturated rings. The highest BCUT2D eigenvalue weighted by Gasteiger charge is 2.19. The van der Waals surface area contributed by atoms with E-state index in [0.29, 0.717) is 16.0 Å². The topological polar surface area (TPSA) is 99.9 Å². The van der Waals surface area contributed by atoms with Crippen molar-refractivity contribution in [3.63, 3.8) is 0 Å². The van der Waals surface area contributed by atoms with Gasteiger partial charge < -0.3 is 5.73 Å². The molecule has 0 radical (unpaired) electrons. The van der Waals surface area contributed by atoms with Crippen molar-refractivity contribution >= 4 is 27.4 Å². The highest BCUT2D eigenvalue weighted by atomic mass is 79.9. The van der Waals surface area contributed by atoms with Gasteiger partial charge >= 0.3 is 0 Å². The maximum atomic E-state index is 10.8. The van der Waals surface area contributed by atoms with E-state index in [1.54, 1.807) is 6.07 Å². The molecule has 0 saturated carbocycles. The lowest BCUT2D eigenvalue weighted by Gasteiger charge is -2.10. The molecule has 2 N–H and O–H groups in total. The van der Waals surface area contributed by atoms with Gasteiger partial charge in [-0.1, -0.05) is 19.1 Å². The maximum absolute atomic E-state index is 10.8. The minimum atomic E-state index is -0.453. The number of non-ortho nitro benzene ring substituents is 1. The Morgan fingerprint density at radius 1 is 1.47 bits per heavy atom. The van der Waals surface area contributed by atoms with Crippen LogP contribution in [-0.2, 0) is 0 Å². The molecule has 7 nitrogen and oxygen atoms in total. The Hall–Kier alpha value is -1.96. The van der Waals surface area contributed by atoms with E-state index >= 15 is 0 Å². The lowest BCUT2D eigenvalue weighted by atomic mass is 10.1. The van der Waals surface area contributed by atoms with Crippen molar-refractivity contribution in [3.05, 3.63) is 38.5 Å². The Balaban J connectivity index is 2.65. The van der Waals surface area contributed by atoms with Crippen LogP contribution in [0.25, 0.3) is 5.69 Å². The lowest BCUT2D eigenvalue weighted by molar-refractivity contribution is -0.384. The molecule has 1 aromatic heterocycles. The Kier molecular flexibility index (Phi) is 3.52. The summed E-state index contributed by atoms with van der Waals surface area (Å²) in [5, 5.41) is 18.6. The summed E-state index contributed by atoms with van der Waals surface area (Å²) in [6.45, 7) is 3.91. The molecular weight excluding hydrogens is 314 g/mol. The van der Waals surface area contributed by atoms with Crippen LogP contribution in [0.1, 0.15) is 25.5 Å². The number of hydrogen-bond donors (Lipinski definition) is 1. The van der Waals surface area contributed by atoms with E-state index in [4.69, 9.17) is 5.73 Å². The summed E-state index contributed by atoms with van der Waals surface area (Å²) in [6.07, 6.45) is 0. The SMILES string of the molecule is CC(C)c1c(N)nnn1-c1cc([N+](=O)[O-])ccc1Br. The number of rotatable bonds is 3. The van der Waals surface area contributed by atoms with Gasteiger partial charge in [0.05, 0.1) is 16.3 Å². The van der Waals surface area contributed by atoms with Crippen LogP contribution in [-0.4, -0.2) is 19.9 Å². The zero-order valence-electron chi connectivity index (χ0n) is 10.4. The van der Waals surface area contributed by atoms with Crippen LogP contribution in [0.2, 0.25) is 0 Å². The minimum absolute atomic E-state index is 0.0121. The number of anilines is 1. The minimum Gasteiger partial charge on any atom is -0.381 e. The molecule has 0 aliphatic heterocycles. The third-order valence-corrected chi connectivity index (χ3v) is 3.32. The van der Waals surface area contributed by atoms with E-state index in [1.807, 2.05) is 13.8 Å². The monoisotopic (exact) mass is 325 g/mol. The van der Waals surface area contributed by atoms with Crippen LogP contribution in [0.5, 0.6) is 0 Å². The van der Waals surface area contributed by atoms with Crippen molar-refractivity contribution in [1.82, 2.24) is 15.0 Å². The average Bonchev–Trinajstić information content (AvgIpc) is 2.71. The van der Waals surface area contributed by atoms with E-state index in [0.717, 1.165) is 5.69 Å². The van der Waals surface area contributed by atoms with Gasteiger partial charge in [0.1, 0.15) is 0 Å². The Labute approximate surface area is 117 Å². The second-order valence-corrected chi connectivity index (χ2v) is 5.17. The van der Waals surface area contributed by atoms with Crippen molar-refractivity contribution in [2.75, 3.05) is 5.73 Å². The molecule has 1 aromatic carbocycles. The first kappa shape index (κ1) is 13.5. The van der Waals surface area contributed by atoms with Crippen molar-refractivity contribution in [2.45, 2.75) is 19.8 Å². The average molecular weight is 326 g/mol. The van der Waals surface area contributed by atoms with Gasteiger partial charge in [-0.2, -0.15) is 0 Å². The Morgan fingerprint density at radius 3 is 2.74 bits per heavy atom. The number of nitro benzene ring substituents is 1. The van der Waals surface area contributed by atoms with Gasteiger partial charge in [-0.3, -0.25) is 10.1 Å². The predicted octanol–water partition coefficient (Wildman–Crippen LogP) is 2.64. The van der Waals surface area contributed by atoms with Crippen LogP contribution < -0.4 is 5.73 Å². The lowest BCUT2D eigenvalue weighted by Crippen LogP contribution is -2.06. The molecule has 0 atom stereocenters. The predicted molar refractivity (Wildman–Crippen MR) is 74.2 cm³/mol. The molecule has 8 heteroatoms. The number of nitrogen functional groups attached to an aromatic ring is 1. The summed E-state index contributed by atoms with van der Waals surface area (Å²) in [4.78, 5) is 10.4. The Bertz CT molecular complexity index is 638. The molecular formula is C11H12BrN5O2. The quantitative estimate of drug-likeness (QED) is 0.690. The summed E-state index contributed by atoms with van der Waals surface area (Å²) in [6, 6.07) is 4.46. The summed E-state index contributed by atoms with van der Waals surface area (Å²) >= 11 is 3.36. The first-order chi connectivity index (χ1) is 8.91. The number of halogens is 1. The fourth-order valence-electron chi connectivity index (χ4n) is 1.80. The number of nitrogens with zero attached hydrogens (tertiary/aromatic N) is 4. The highest BCUT2D eigenvalue weighted by molar-refractivity contribution is 9.10. The van der Waals surface area contributed by atoms with Crippen molar-refractivity contribution in [1.29, 1.82) is 0 Å². The molecule has 0 unspecified atom stereocenters. The molecule has 0 bridgehead atoms. The molecule has 2 aromatic rings. The molecule has 0 aliphatic carbocycles. The third-order valence-electron chi connectivity index (χ3n) is 2.65. The van der Waals surface area contributed by atoms with Gasteiger partial charge in [-0.05, 0) is 27.9 Å². The van der Waals surface area contributed by atoms with Gasteiger partial charge in [0, 0.05) is 16.6 Å². The summed E-state index contributed by atoms with van der Waals surface area (Å²) in [7, 11) is 0. The first-order valence-corrected chi connectivity index (χ1v) is 6.36. The maximum Gasteiger partial charge on any atom is 0.271 e. The number of benzene rings is 1. The zero-order valence-corrected chi connectivity index (χ0v) is 12.0. The highest BCUT2D eigenvalue weighted by Crippen LogP contribution is 2.29. The smallest absolute Gasteiger partial charge is 0.271 e. The van der Waals surface area contributed by atoms with Crippen LogP contribution in [0.4, 0.5) is 11.5 Å². The largest absolute Gasteiger partial charge is 0.381 e. The molecule has 1 heterocycles. The van der Waals surface area contributed by atoms with Crippen molar-refractivity contribution < 1.29 is 4.92 Å². The molecule has 19 heavy (non-hydrogen) atoms. The summed E-state index contributed by atoms with van der Waals surface area (Å²) in [5.41, 5.74) is 7.04. The van der Waals surface area contributed by atoms with Gasteiger partial charge in [-0.15, -0.1) is 5.10 Å². The summed E-state index contributed by atoms with van der Waals surface area (Å²) in [5.74, 6) is 0.426. The van der Waals surface area contributed by atoms with E-state index in [9.17, 15) is 10.1 Å². The van der Waals surface area contributed by atoms with E-state index < -0.39 is 4.92 Å². The van der Waals surface area contributed by atoms with Crippen LogP contribution in [0.3, 0.4) is 0 Å². The number of aromatic nitrogens is 3. The number of hydrogen-bond acceptors (Lipinski definition) is 5. The third kappa shape index (κ3) is 2.43. The molecule has 2 rings (SSSR count). The number of nitrogens with two attached hydrogens (primary N) is 1. The second kappa shape index (κ2) is 4.96. The molecule has 100 valence electrons.